The van der Waals surface area contributed by atoms with Gasteiger partial charge in [-0.15, -0.1) is 0 Å². The van der Waals surface area contributed by atoms with E-state index in [4.69, 9.17) is 4.89 Å². The molecular weight excluding hydrogens is 452 g/mol. The topological polar surface area (TPSA) is 62.8 Å². The van der Waals surface area contributed by atoms with Crippen molar-refractivity contribution in [2.75, 3.05) is 24.3 Å². The van der Waals surface area contributed by atoms with Crippen LogP contribution >= 0.6 is 0 Å². The van der Waals surface area contributed by atoms with Gasteiger partial charge in [0.15, 0.2) is 17.5 Å². The summed E-state index contributed by atoms with van der Waals surface area (Å²) < 4.78 is 54.3. The number of aliphatic hydroxyl groups is 1. The van der Waals surface area contributed by atoms with E-state index in [-0.39, 0.29) is 29.0 Å². The molecule has 5 nitrogen and oxygen atoms in total. The quantitative estimate of drug-likeness (QED) is 0.226. The summed E-state index contributed by atoms with van der Waals surface area (Å²) in [5.74, 6) is -4.25. The molecule has 2 aromatic rings. The minimum absolute atomic E-state index is 0.0215. The largest absolute Gasteiger partial charge is 0.393 e. The average molecular weight is 489 g/mol. The maximum absolute atomic E-state index is 13.8. The first-order valence-corrected chi connectivity index (χ1v) is 11.3. The van der Waals surface area contributed by atoms with Crippen molar-refractivity contribution >= 4 is 17.1 Å². The van der Waals surface area contributed by atoms with Gasteiger partial charge in [0.05, 0.1) is 17.5 Å². The Balaban J connectivity index is 0.000000353. The number of benzene rings is 2. The zero-order valence-electron chi connectivity index (χ0n) is 20.9. The van der Waals surface area contributed by atoms with Crippen molar-refractivity contribution < 1.29 is 32.4 Å². The molecule has 1 saturated heterocycles. The summed E-state index contributed by atoms with van der Waals surface area (Å²) in [4.78, 5) is 9.58. The zero-order valence-corrected chi connectivity index (χ0v) is 20.9. The number of halogens is 4. The third-order valence-electron chi connectivity index (χ3n) is 5.31. The van der Waals surface area contributed by atoms with Crippen LogP contribution in [0.15, 0.2) is 24.3 Å². The predicted octanol–water partition coefficient (Wildman–Crippen LogP) is 6.87. The van der Waals surface area contributed by atoms with Gasteiger partial charge in [0.1, 0.15) is 24.2 Å². The van der Waals surface area contributed by atoms with E-state index in [0.717, 1.165) is 12.8 Å². The molecular formula is C25H36F4N2O3. The van der Waals surface area contributed by atoms with E-state index in [2.05, 4.69) is 29.4 Å². The van der Waals surface area contributed by atoms with Gasteiger partial charge < -0.3 is 15.7 Å². The molecule has 192 valence electrons. The summed E-state index contributed by atoms with van der Waals surface area (Å²) in [6.07, 6.45) is 1.51. The third kappa shape index (κ3) is 7.85. The molecule has 0 radical (unpaired) electrons. The Labute approximate surface area is 199 Å². The molecule has 0 aromatic heterocycles. The van der Waals surface area contributed by atoms with Gasteiger partial charge in [-0.25, -0.2) is 27.3 Å². The van der Waals surface area contributed by atoms with Crippen LogP contribution in [-0.2, 0) is 9.78 Å². The van der Waals surface area contributed by atoms with Crippen molar-refractivity contribution in [1.29, 1.82) is 0 Å². The number of hydrogen-bond donors (Lipinski definition) is 3. The molecule has 3 rings (SSSR count). The molecule has 1 heterocycles. The molecule has 0 saturated carbocycles. The van der Waals surface area contributed by atoms with E-state index < -0.39 is 29.0 Å². The van der Waals surface area contributed by atoms with Gasteiger partial charge in [0.2, 0.25) is 0 Å². The highest BCUT2D eigenvalue weighted by Gasteiger charge is 2.38. The summed E-state index contributed by atoms with van der Waals surface area (Å²) in [5.41, 5.74) is -0.131. The SMILES string of the molecule is CC.CCC(O)CC(C)(C)C1COO1.CNc1c(F)cc(F)c(F)c1Nc1ccc(C)cc1F. The molecule has 34 heavy (non-hydrogen) atoms. The fraction of sp³-hybridized carbons (Fsp3) is 0.520. The second-order valence-corrected chi connectivity index (χ2v) is 8.39. The van der Waals surface area contributed by atoms with Crippen molar-refractivity contribution in [2.24, 2.45) is 5.41 Å². The molecule has 2 unspecified atom stereocenters. The zero-order chi connectivity index (χ0) is 26.1. The smallest absolute Gasteiger partial charge is 0.184 e. The number of aryl methyl sites for hydroxylation is 1. The maximum atomic E-state index is 13.8. The van der Waals surface area contributed by atoms with Gasteiger partial charge in [-0.2, -0.15) is 0 Å². The van der Waals surface area contributed by atoms with E-state index in [0.29, 0.717) is 18.2 Å². The van der Waals surface area contributed by atoms with Crippen LogP contribution in [0, 0.1) is 35.6 Å². The summed E-state index contributed by atoms with van der Waals surface area (Å²) >= 11 is 0. The van der Waals surface area contributed by atoms with Gasteiger partial charge >= 0.3 is 0 Å². The Bertz CT molecular complexity index is 922. The van der Waals surface area contributed by atoms with E-state index >= 15 is 0 Å². The number of anilines is 3. The maximum Gasteiger partial charge on any atom is 0.184 e. The van der Waals surface area contributed by atoms with Crippen LogP contribution in [0.3, 0.4) is 0 Å². The molecule has 0 bridgehead atoms. The van der Waals surface area contributed by atoms with Crippen molar-refractivity contribution in [3.63, 3.8) is 0 Å². The highest BCUT2D eigenvalue weighted by molar-refractivity contribution is 5.75. The Morgan fingerprint density at radius 2 is 1.68 bits per heavy atom. The average Bonchev–Trinajstić information content (AvgIpc) is 2.73. The van der Waals surface area contributed by atoms with Crippen LogP contribution in [0.2, 0.25) is 0 Å². The first-order chi connectivity index (χ1) is 16.0. The van der Waals surface area contributed by atoms with Gasteiger partial charge in [0.25, 0.3) is 0 Å². The molecule has 3 N–H and O–H groups in total. The van der Waals surface area contributed by atoms with Gasteiger partial charge in [-0.05, 0) is 42.9 Å². The Morgan fingerprint density at radius 3 is 2.15 bits per heavy atom. The molecule has 1 fully saturated rings. The van der Waals surface area contributed by atoms with Crippen molar-refractivity contribution in [3.05, 3.63) is 53.1 Å². The second kappa shape index (κ2) is 13.5. The van der Waals surface area contributed by atoms with Crippen molar-refractivity contribution in [3.8, 4) is 0 Å². The predicted molar refractivity (Wildman–Crippen MR) is 127 cm³/mol. The summed E-state index contributed by atoms with van der Waals surface area (Å²) in [7, 11) is 1.35. The van der Waals surface area contributed by atoms with E-state index in [1.807, 2.05) is 20.8 Å². The Morgan fingerprint density at radius 1 is 1.06 bits per heavy atom. The molecule has 1 aliphatic rings. The Kier molecular flexibility index (Phi) is 11.8. The van der Waals surface area contributed by atoms with Crippen LogP contribution in [0.1, 0.15) is 53.0 Å². The first-order valence-electron chi connectivity index (χ1n) is 11.3. The molecule has 1 aliphatic heterocycles. The number of aliphatic hydroxyl groups excluding tert-OH is 1. The highest BCUT2D eigenvalue weighted by Crippen LogP contribution is 2.34. The highest BCUT2D eigenvalue weighted by atomic mass is 19.2. The lowest BCUT2D eigenvalue weighted by Crippen LogP contribution is -2.45. The van der Waals surface area contributed by atoms with Crippen LogP contribution in [0.4, 0.5) is 34.6 Å². The normalized spacial score (nSPS) is 15.7. The van der Waals surface area contributed by atoms with Crippen LogP contribution < -0.4 is 10.6 Å². The van der Waals surface area contributed by atoms with Crippen molar-refractivity contribution in [1.82, 2.24) is 0 Å². The number of nitrogens with one attached hydrogen (secondary N) is 2. The molecule has 0 spiro atoms. The molecule has 0 aliphatic carbocycles. The second-order valence-electron chi connectivity index (χ2n) is 8.39. The standard InChI is InChI=1S/C14H12F4N2.C9H18O3.C2H6/c1-7-3-4-11(8(15)5-7)20-14-12(18)9(16)6-10(17)13(14)19-2;1-4-7(10)5-9(2,3)8-6-11-12-8;1-2/h3-6,19-20H,1-2H3;7-8,10H,4-6H2,1-3H3;1-2H3. The Hall–Kier alpha value is -2.36. The van der Waals surface area contributed by atoms with E-state index in [9.17, 15) is 22.7 Å². The summed E-state index contributed by atoms with van der Waals surface area (Å²) in [6, 6.07) is 4.62. The lowest BCUT2D eigenvalue weighted by Gasteiger charge is -2.39. The molecule has 2 aromatic carbocycles. The molecule has 9 heteroatoms. The third-order valence-corrected chi connectivity index (χ3v) is 5.31. The van der Waals surface area contributed by atoms with Crippen LogP contribution in [0.25, 0.3) is 0 Å². The minimum Gasteiger partial charge on any atom is -0.393 e. The fourth-order valence-electron chi connectivity index (χ4n) is 3.19. The van der Waals surface area contributed by atoms with Crippen molar-refractivity contribution in [2.45, 2.75) is 66.6 Å². The monoisotopic (exact) mass is 488 g/mol. The fourth-order valence-corrected chi connectivity index (χ4v) is 3.19. The minimum atomic E-state index is -1.35. The van der Waals surface area contributed by atoms with E-state index in [1.165, 1.54) is 19.2 Å². The summed E-state index contributed by atoms with van der Waals surface area (Å²) in [6.45, 7) is 12.5. The van der Waals surface area contributed by atoms with Gasteiger partial charge in [0, 0.05) is 13.1 Å². The first kappa shape index (κ1) is 29.7. The van der Waals surface area contributed by atoms with E-state index in [1.54, 1.807) is 13.0 Å². The lowest BCUT2D eigenvalue weighted by molar-refractivity contribution is -0.445. The van der Waals surface area contributed by atoms with Gasteiger partial charge in [-0.1, -0.05) is 40.7 Å². The number of hydrogen-bond acceptors (Lipinski definition) is 5. The van der Waals surface area contributed by atoms with Gasteiger partial charge in [-0.3, -0.25) is 0 Å². The summed E-state index contributed by atoms with van der Waals surface area (Å²) in [5, 5.41) is 14.3. The van der Waals surface area contributed by atoms with Crippen LogP contribution in [-0.4, -0.2) is 31.0 Å². The molecule has 2 atom stereocenters. The lowest BCUT2D eigenvalue weighted by atomic mass is 9.80. The molecule has 0 amide bonds. The number of rotatable bonds is 7. The van der Waals surface area contributed by atoms with Crippen LogP contribution in [0.5, 0.6) is 0 Å².